The van der Waals surface area contributed by atoms with Gasteiger partial charge in [-0.25, -0.2) is 0 Å². The molecule has 0 spiro atoms. The molecule has 1 aromatic heterocycles. The van der Waals surface area contributed by atoms with Gasteiger partial charge in [-0.3, -0.25) is 9.78 Å². The third kappa shape index (κ3) is 3.22. The quantitative estimate of drug-likeness (QED) is 0.934. The van der Waals surface area contributed by atoms with Gasteiger partial charge in [-0.05, 0) is 50.1 Å². The Morgan fingerprint density at radius 1 is 1.23 bits per heavy atom. The summed E-state index contributed by atoms with van der Waals surface area (Å²) < 4.78 is 0. The minimum absolute atomic E-state index is 0.171. The Labute approximate surface area is 135 Å². The van der Waals surface area contributed by atoms with Gasteiger partial charge >= 0.3 is 0 Å². The normalized spacial score (nSPS) is 14.2. The second-order valence-electron chi connectivity index (χ2n) is 5.50. The molecule has 1 amide bonds. The number of hydrogen-bond acceptors (Lipinski definition) is 3. The molecule has 1 aromatic carbocycles. The SMILES string of the molecule is Cc1ccc(C(=O)Nc2cc(Cl)ccc2N2CCCC2)cn1. The van der Waals surface area contributed by atoms with Gasteiger partial charge in [-0.1, -0.05) is 11.6 Å². The molecule has 0 atom stereocenters. The lowest BCUT2D eigenvalue weighted by molar-refractivity contribution is 0.102. The van der Waals surface area contributed by atoms with Gasteiger partial charge < -0.3 is 10.2 Å². The average molecular weight is 316 g/mol. The predicted molar refractivity (Wildman–Crippen MR) is 89.8 cm³/mol. The van der Waals surface area contributed by atoms with Gasteiger partial charge in [-0.15, -0.1) is 0 Å². The number of nitrogens with zero attached hydrogens (tertiary/aromatic N) is 2. The Hall–Kier alpha value is -2.07. The first-order chi connectivity index (χ1) is 10.6. The summed E-state index contributed by atoms with van der Waals surface area (Å²) in [6, 6.07) is 9.23. The van der Waals surface area contributed by atoms with Gasteiger partial charge in [0, 0.05) is 30.0 Å². The van der Waals surface area contributed by atoms with Crippen molar-refractivity contribution in [1.29, 1.82) is 0 Å². The number of aryl methyl sites for hydroxylation is 1. The van der Waals surface area contributed by atoms with Gasteiger partial charge in [0.25, 0.3) is 5.91 Å². The van der Waals surface area contributed by atoms with Crippen LogP contribution in [0.5, 0.6) is 0 Å². The molecule has 1 fully saturated rings. The molecule has 1 saturated heterocycles. The number of carbonyl (C=O) groups excluding carboxylic acids is 1. The van der Waals surface area contributed by atoms with Gasteiger partial charge in [-0.2, -0.15) is 0 Å². The van der Waals surface area contributed by atoms with Crippen molar-refractivity contribution in [3.63, 3.8) is 0 Å². The van der Waals surface area contributed by atoms with E-state index in [1.165, 1.54) is 12.8 Å². The maximum Gasteiger partial charge on any atom is 0.257 e. The largest absolute Gasteiger partial charge is 0.370 e. The first-order valence-corrected chi connectivity index (χ1v) is 7.80. The Balaban J connectivity index is 1.85. The lowest BCUT2D eigenvalue weighted by Gasteiger charge is -2.21. The highest BCUT2D eigenvalue weighted by molar-refractivity contribution is 6.31. The Morgan fingerprint density at radius 3 is 2.68 bits per heavy atom. The molecule has 3 rings (SSSR count). The number of nitrogens with one attached hydrogen (secondary N) is 1. The van der Waals surface area contributed by atoms with Crippen LogP contribution in [0.2, 0.25) is 5.02 Å². The summed E-state index contributed by atoms with van der Waals surface area (Å²) in [5, 5.41) is 3.57. The fourth-order valence-corrected chi connectivity index (χ4v) is 2.81. The molecule has 0 radical (unpaired) electrons. The van der Waals surface area contributed by atoms with Gasteiger partial charge in [0.15, 0.2) is 0 Å². The van der Waals surface area contributed by atoms with Crippen molar-refractivity contribution in [3.8, 4) is 0 Å². The van der Waals surface area contributed by atoms with Gasteiger partial charge in [0.05, 0.1) is 16.9 Å². The van der Waals surface area contributed by atoms with Crippen molar-refractivity contribution in [2.75, 3.05) is 23.3 Å². The molecular formula is C17H18ClN3O. The number of amides is 1. The van der Waals surface area contributed by atoms with Crippen LogP contribution in [0.25, 0.3) is 0 Å². The molecule has 0 saturated carbocycles. The molecule has 0 aliphatic carbocycles. The first kappa shape index (κ1) is 14.9. The van der Waals surface area contributed by atoms with Crippen LogP contribution < -0.4 is 10.2 Å². The topological polar surface area (TPSA) is 45.2 Å². The number of pyridine rings is 1. The molecule has 5 heteroatoms. The molecule has 4 nitrogen and oxygen atoms in total. The standard InChI is InChI=1S/C17H18ClN3O/c1-12-4-5-13(11-19-12)17(22)20-15-10-14(18)6-7-16(15)21-8-2-3-9-21/h4-7,10-11H,2-3,8-9H2,1H3,(H,20,22). The Kier molecular flexibility index (Phi) is 4.29. The lowest BCUT2D eigenvalue weighted by Crippen LogP contribution is -2.21. The Morgan fingerprint density at radius 2 is 2.00 bits per heavy atom. The van der Waals surface area contributed by atoms with E-state index in [1.54, 1.807) is 18.3 Å². The second-order valence-corrected chi connectivity index (χ2v) is 5.93. The van der Waals surface area contributed by atoms with E-state index in [0.29, 0.717) is 10.6 Å². The smallest absolute Gasteiger partial charge is 0.257 e. The number of aromatic nitrogens is 1. The third-order valence-electron chi connectivity index (χ3n) is 3.83. The minimum atomic E-state index is -0.171. The van der Waals surface area contributed by atoms with Crippen LogP contribution in [0.3, 0.4) is 0 Å². The van der Waals surface area contributed by atoms with E-state index in [9.17, 15) is 4.79 Å². The third-order valence-corrected chi connectivity index (χ3v) is 4.06. The number of halogens is 1. The number of anilines is 2. The summed E-state index contributed by atoms with van der Waals surface area (Å²) in [5.74, 6) is -0.171. The number of carbonyl (C=O) groups is 1. The number of benzene rings is 1. The Bertz CT molecular complexity index is 679. The van der Waals surface area contributed by atoms with Crippen molar-refractivity contribution < 1.29 is 4.79 Å². The van der Waals surface area contributed by atoms with Crippen molar-refractivity contribution in [3.05, 3.63) is 52.8 Å². The highest BCUT2D eigenvalue weighted by atomic mass is 35.5. The first-order valence-electron chi connectivity index (χ1n) is 7.42. The van der Waals surface area contributed by atoms with Crippen LogP contribution in [0.4, 0.5) is 11.4 Å². The predicted octanol–water partition coefficient (Wildman–Crippen LogP) is 3.90. The van der Waals surface area contributed by atoms with E-state index < -0.39 is 0 Å². The van der Waals surface area contributed by atoms with Crippen LogP contribution in [-0.2, 0) is 0 Å². The summed E-state index contributed by atoms with van der Waals surface area (Å²) in [7, 11) is 0. The fourth-order valence-electron chi connectivity index (χ4n) is 2.64. The van der Waals surface area contributed by atoms with Gasteiger partial charge in [0.1, 0.15) is 0 Å². The van der Waals surface area contributed by atoms with Crippen molar-refractivity contribution in [2.24, 2.45) is 0 Å². The maximum absolute atomic E-state index is 12.4. The molecule has 114 valence electrons. The average Bonchev–Trinajstić information content (AvgIpc) is 3.02. The highest BCUT2D eigenvalue weighted by Gasteiger charge is 2.17. The van der Waals surface area contributed by atoms with Gasteiger partial charge in [0.2, 0.25) is 0 Å². The van der Waals surface area contributed by atoms with Crippen molar-refractivity contribution >= 4 is 28.9 Å². The molecule has 1 aliphatic heterocycles. The summed E-state index contributed by atoms with van der Waals surface area (Å²) in [6.07, 6.45) is 3.94. The van der Waals surface area contributed by atoms with E-state index in [2.05, 4.69) is 15.2 Å². The van der Waals surface area contributed by atoms with Crippen LogP contribution in [0.1, 0.15) is 28.9 Å². The van der Waals surface area contributed by atoms with E-state index in [0.717, 1.165) is 30.2 Å². The molecule has 2 aromatic rings. The molecule has 0 unspecified atom stereocenters. The molecule has 1 aliphatic rings. The number of rotatable bonds is 3. The maximum atomic E-state index is 12.4. The van der Waals surface area contributed by atoms with E-state index >= 15 is 0 Å². The lowest BCUT2D eigenvalue weighted by atomic mass is 10.2. The zero-order valence-corrected chi connectivity index (χ0v) is 13.2. The zero-order chi connectivity index (χ0) is 15.5. The molecule has 22 heavy (non-hydrogen) atoms. The van der Waals surface area contributed by atoms with Crippen LogP contribution in [0.15, 0.2) is 36.5 Å². The zero-order valence-electron chi connectivity index (χ0n) is 12.5. The van der Waals surface area contributed by atoms with Crippen LogP contribution in [0, 0.1) is 6.92 Å². The van der Waals surface area contributed by atoms with E-state index in [1.807, 2.05) is 25.1 Å². The summed E-state index contributed by atoms with van der Waals surface area (Å²) >= 11 is 6.09. The van der Waals surface area contributed by atoms with Crippen LogP contribution >= 0.6 is 11.6 Å². The minimum Gasteiger partial charge on any atom is -0.370 e. The molecule has 1 N–H and O–H groups in total. The summed E-state index contributed by atoms with van der Waals surface area (Å²) in [6.45, 7) is 3.91. The molecule has 2 heterocycles. The monoisotopic (exact) mass is 315 g/mol. The van der Waals surface area contributed by atoms with E-state index in [-0.39, 0.29) is 5.91 Å². The van der Waals surface area contributed by atoms with Crippen LogP contribution in [-0.4, -0.2) is 24.0 Å². The molecule has 0 bridgehead atoms. The van der Waals surface area contributed by atoms with Crippen molar-refractivity contribution in [1.82, 2.24) is 4.98 Å². The second kappa shape index (κ2) is 6.36. The summed E-state index contributed by atoms with van der Waals surface area (Å²) in [5.41, 5.74) is 3.20. The highest BCUT2D eigenvalue weighted by Crippen LogP contribution is 2.31. The fraction of sp³-hybridized carbons (Fsp3) is 0.294. The van der Waals surface area contributed by atoms with E-state index in [4.69, 9.17) is 11.6 Å². The number of hydrogen-bond donors (Lipinski definition) is 1. The summed E-state index contributed by atoms with van der Waals surface area (Å²) in [4.78, 5) is 18.8. The van der Waals surface area contributed by atoms with Crippen molar-refractivity contribution in [2.45, 2.75) is 19.8 Å². The molecular weight excluding hydrogens is 298 g/mol.